The molecule has 0 aliphatic carbocycles. The van der Waals surface area contributed by atoms with Crippen LogP contribution in [-0.4, -0.2) is 64.1 Å². The van der Waals surface area contributed by atoms with E-state index in [0.717, 1.165) is 12.3 Å². The van der Waals surface area contributed by atoms with Gasteiger partial charge in [0, 0.05) is 49.4 Å². The van der Waals surface area contributed by atoms with E-state index >= 15 is 0 Å². The van der Waals surface area contributed by atoms with Gasteiger partial charge in [0.2, 0.25) is 5.91 Å². The molecule has 0 saturated carbocycles. The molecule has 0 radical (unpaired) electrons. The summed E-state index contributed by atoms with van der Waals surface area (Å²) in [5, 5.41) is 0.315. The maximum Gasteiger partial charge on any atom is 0.258 e. The van der Waals surface area contributed by atoms with Gasteiger partial charge in [0.15, 0.2) is 9.84 Å². The molecule has 38 heavy (non-hydrogen) atoms. The highest BCUT2D eigenvalue weighted by molar-refractivity contribution is 7.90. The Hall–Kier alpha value is -3.83. The van der Waals surface area contributed by atoms with Crippen LogP contribution < -0.4 is 21.3 Å². The number of hydrogen-bond donors (Lipinski definition) is 2. The summed E-state index contributed by atoms with van der Waals surface area (Å²) in [4.78, 5) is 31.4. The van der Waals surface area contributed by atoms with Crippen molar-refractivity contribution in [3.8, 4) is 0 Å². The minimum atomic E-state index is -3.66. The van der Waals surface area contributed by atoms with Crippen LogP contribution in [0.3, 0.4) is 0 Å². The molecule has 9 nitrogen and oxygen atoms in total. The van der Waals surface area contributed by atoms with E-state index in [1.165, 1.54) is 35.2 Å². The summed E-state index contributed by atoms with van der Waals surface area (Å²) >= 11 is 6.00. The number of hydrogen-bond acceptors (Lipinski definition) is 7. The summed E-state index contributed by atoms with van der Waals surface area (Å²) in [7, 11) is -3.66. The van der Waals surface area contributed by atoms with E-state index in [1.807, 2.05) is 0 Å². The highest BCUT2D eigenvalue weighted by Crippen LogP contribution is 2.28. The van der Waals surface area contributed by atoms with Gasteiger partial charge in [-0.05, 0) is 60.7 Å². The number of halogens is 2. The monoisotopic (exact) mass is 559 g/mol. The number of nitrogens with two attached hydrogens (primary N) is 2. The van der Waals surface area contributed by atoms with Gasteiger partial charge in [-0.15, -0.1) is 0 Å². The molecule has 3 aromatic carbocycles. The third-order valence-corrected chi connectivity index (χ3v) is 7.75. The van der Waals surface area contributed by atoms with Gasteiger partial charge in [-0.2, -0.15) is 0 Å². The zero-order valence-corrected chi connectivity index (χ0v) is 22.2. The Balaban J connectivity index is 1.52. The number of nitrogens with zero attached hydrogens (tertiary/aromatic N) is 3. The predicted octanol–water partition coefficient (Wildman–Crippen LogP) is 3.04. The minimum absolute atomic E-state index is 0.0976. The van der Waals surface area contributed by atoms with Crippen molar-refractivity contribution in [1.29, 1.82) is 0 Å². The van der Waals surface area contributed by atoms with E-state index in [0.29, 0.717) is 35.2 Å². The first-order chi connectivity index (χ1) is 17.9. The Morgan fingerprint density at radius 2 is 1.63 bits per heavy atom. The lowest BCUT2D eigenvalue weighted by molar-refractivity contribution is -0.129. The molecule has 1 fully saturated rings. The molecule has 0 atom stereocenters. The number of carbonyl (C=O) groups is 2. The molecule has 2 amide bonds. The van der Waals surface area contributed by atoms with Crippen molar-refractivity contribution in [3.63, 3.8) is 0 Å². The molecule has 4 rings (SSSR count). The normalized spacial score (nSPS) is 13.9. The maximum absolute atomic E-state index is 13.7. The van der Waals surface area contributed by atoms with Crippen LogP contribution in [0.15, 0.2) is 65.6 Å². The molecule has 1 aliphatic heterocycles. The fourth-order valence-electron chi connectivity index (χ4n) is 4.25. The number of piperazine rings is 1. The van der Waals surface area contributed by atoms with E-state index < -0.39 is 21.6 Å². The molecule has 1 saturated heterocycles. The maximum atomic E-state index is 13.7. The number of carbonyl (C=O) groups excluding carboxylic acids is 2. The van der Waals surface area contributed by atoms with Crippen LogP contribution in [0, 0.1) is 5.82 Å². The molecule has 3 aromatic rings. The van der Waals surface area contributed by atoms with Gasteiger partial charge in [0.25, 0.3) is 5.91 Å². The van der Waals surface area contributed by atoms with Gasteiger partial charge in [-0.1, -0.05) is 11.6 Å². The zero-order chi connectivity index (χ0) is 27.6. The van der Waals surface area contributed by atoms with Crippen molar-refractivity contribution in [3.05, 3.63) is 77.1 Å². The largest absolute Gasteiger partial charge is 0.399 e. The van der Waals surface area contributed by atoms with Gasteiger partial charge < -0.3 is 21.3 Å². The highest BCUT2D eigenvalue weighted by atomic mass is 35.5. The molecule has 12 heteroatoms. The molecule has 1 heterocycles. The molecular formula is C26H27ClFN5O4S. The minimum Gasteiger partial charge on any atom is -0.399 e. The van der Waals surface area contributed by atoms with E-state index in [9.17, 15) is 22.4 Å². The Morgan fingerprint density at radius 3 is 2.24 bits per heavy atom. The third-order valence-electron chi connectivity index (χ3n) is 6.28. The lowest BCUT2D eigenvalue weighted by atomic mass is 10.1. The molecule has 1 aliphatic rings. The first-order valence-electron chi connectivity index (χ1n) is 11.7. The number of anilines is 4. The number of nitrogen functional groups attached to an aromatic ring is 2. The first-order valence-corrected chi connectivity index (χ1v) is 14.0. The van der Waals surface area contributed by atoms with Crippen molar-refractivity contribution in [2.24, 2.45) is 0 Å². The van der Waals surface area contributed by atoms with E-state index in [1.54, 1.807) is 34.1 Å². The number of benzene rings is 3. The van der Waals surface area contributed by atoms with Crippen LogP contribution in [0.2, 0.25) is 5.02 Å². The van der Waals surface area contributed by atoms with Gasteiger partial charge in [0.05, 0.1) is 21.3 Å². The summed E-state index contributed by atoms with van der Waals surface area (Å²) < 4.78 is 38.1. The van der Waals surface area contributed by atoms with Gasteiger partial charge >= 0.3 is 0 Å². The van der Waals surface area contributed by atoms with E-state index in [-0.39, 0.29) is 41.7 Å². The summed E-state index contributed by atoms with van der Waals surface area (Å²) in [5.74, 6) is -1.37. The molecule has 0 spiro atoms. The zero-order valence-electron chi connectivity index (χ0n) is 20.6. The van der Waals surface area contributed by atoms with Crippen molar-refractivity contribution in [2.75, 3.05) is 60.2 Å². The van der Waals surface area contributed by atoms with E-state index in [2.05, 4.69) is 0 Å². The SMILES string of the molecule is CS(=O)(=O)c1cc(F)ccc1N1CCN(C(=O)CN(C(=O)c2ccc(Cl)c(N)c2)c2ccc(N)cc2)CC1. The van der Waals surface area contributed by atoms with Gasteiger partial charge in [-0.25, -0.2) is 12.8 Å². The number of amides is 2. The molecular weight excluding hydrogens is 533 g/mol. The quantitative estimate of drug-likeness (QED) is 0.444. The highest BCUT2D eigenvalue weighted by Gasteiger charge is 2.28. The van der Waals surface area contributed by atoms with Gasteiger partial charge in [0.1, 0.15) is 12.4 Å². The average Bonchev–Trinajstić information content (AvgIpc) is 2.88. The van der Waals surface area contributed by atoms with Crippen molar-refractivity contribution < 1.29 is 22.4 Å². The average molecular weight is 560 g/mol. The smallest absolute Gasteiger partial charge is 0.258 e. The summed E-state index contributed by atoms with van der Waals surface area (Å²) in [6.07, 6.45) is 1.03. The lowest BCUT2D eigenvalue weighted by Crippen LogP contribution is -2.52. The summed E-state index contributed by atoms with van der Waals surface area (Å²) in [6.45, 7) is 1.01. The second-order valence-corrected chi connectivity index (χ2v) is 11.4. The summed E-state index contributed by atoms with van der Waals surface area (Å²) in [6, 6.07) is 14.7. The molecule has 4 N–H and O–H groups in total. The molecule has 200 valence electrons. The van der Waals surface area contributed by atoms with Crippen LogP contribution in [0.4, 0.5) is 27.1 Å². The first kappa shape index (κ1) is 27.2. The summed E-state index contributed by atoms with van der Waals surface area (Å²) in [5.41, 5.74) is 13.6. The Kier molecular flexibility index (Phi) is 7.79. The topological polar surface area (TPSA) is 130 Å². The fraction of sp³-hybridized carbons (Fsp3) is 0.231. The molecule has 0 aromatic heterocycles. The second-order valence-electron chi connectivity index (χ2n) is 8.97. The van der Waals surface area contributed by atoms with Crippen LogP contribution in [0.5, 0.6) is 0 Å². The fourth-order valence-corrected chi connectivity index (χ4v) is 5.27. The number of sulfone groups is 1. The Bertz CT molecular complexity index is 1480. The van der Waals surface area contributed by atoms with Crippen LogP contribution in [0.1, 0.15) is 10.4 Å². The van der Waals surface area contributed by atoms with E-state index in [4.69, 9.17) is 23.1 Å². The van der Waals surface area contributed by atoms with Gasteiger partial charge in [-0.3, -0.25) is 14.5 Å². The predicted molar refractivity (Wildman–Crippen MR) is 147 cm³/mol. The number of rotatable bonds is 6. The molecule has 0 bridgehead atoms. The van der Waals surface area contributed by atoms with Crippen LogP contribution in [-0.2, 0) is 14.6 Å². The third kappa shape index (κ3) is 6.00. The lowest BCUT2D eigenvalue weighted by Gasteiger charge is -2.37. The van der Waals surface area contributed by atoms with Crippen molar-refractivity contribution >= 4 is 56.0 Å². The molecule has 0 unspecified atom stereocenters. The Labute approximate surface area is 225 Å². The van der Waals surface area contributed by atoms with Crippen molar-refractivity contribution in [1.82, 2.24) is 4.90 Å². The second kappa shape index (κ2) is 10.9. The standard InChI is InChI=1S/C26H27ClFN5O4S/c1-38(36,37)24-15-18(28)3-9-23(24)31-10-12-32(13-11-31)25(34)16-33(20-6-4-19(29)5-7-20)26(35)17-2-8-21(27)22(30)14-17/h2-9,14-15H,10-13,16,29-30H2,1H3. The Morgan fingerprint density at radius 1 is 0.974 bits per heavy atom. The van der Waals surface area contributed by atoms with Crippen molar-refractivity contribution in [2.45, 2.75) is 4.90 Å². The van der Waals surface area contributed by atoms with Crippen LogP contribution in [0.25, 0.3) is 0 Å². The van der Waals surface area contributed by atoms with Crippen LogP contribution >= 0.6 is 11.6 Å².